The smallest absolute Gasteiger partial charge is 0.125 e. The van der Waals surface area contributed by atoms with Crippen LogP contribution in [-0.4, -0.2) is 19.3 Å². The summed E-state index contributed by atoms with van der Waals surface area (Å²) in [4.78, 5) is 0. The molecule has 1 rings (SSSR count). The third-order valence-corrected chi connectivity index (χ3v) is 2.67. The van der Waals surface area contributed by atoms with Crippen molar-refractivity contribution in [3.05, 3.63) is 34.6 Å². The molecule has 2 nitrogen and oxygen atoms in total. The van der Waals surface area contributed by atoms with E-state index in [1.165, 1.54) is 12.1 Å². The first-order valence-electron chi connectivity index (χ1n) is 6.35. The van der Waals surface area contributed by atoms with E-state index < -0.39 is 0 Å². The predicted octanol–water partition coefficient (Wildman–Crippen LogP) is 3.77. The van der Waals surface area contributed by atoms with Gasteiger partial charge in [-0.05, 0) is 57.0 Å². The molecule has 0 amide bonds. The molecule has 1 aromatic rings. The molecule has 0 atom stereocenters. The Hall–Kier alpha value is -0.640. The van der Waals surface area contributed by atoms with Crippen LogP contribution in [0.1, 0.15) is 32.3 Å². The van der Waals surface area contributed by atoms with Crippen molar-refractivity contribution in [2.24, 2.45) is 0 Å². The third kappa shape index (κ3) is 6.94. The fourth-order valence-corrected chi connectivity index (χ4v) is 1.86. The summed E-state index contributed by atoms with van der Waals surface area (Å²) in [5, 5.41) is 3.71. The fraction of sp³-hybridized carbons (Fsp3) is 0.571. The highest BCUT2D eigenvalue weighted by Crippen LogP contribution is 2.13. The van der Waals surface area contributed by atoms with Crippen LogP contribution in [0.2, 0.25) is 5.02 Å². The van der Waals surface area contributed by atoms with Crippen molar-refractivity contribution in [2.75, 3.05) is 13.2 Å². The molecule has 1 aromatic carbocycles. The highest BCUT2D eigenvalue weighted by molar-refractivity contribution is 6.30. The van der Waals surface area contributed by atoms with E-state index in [1.807, 2.05) is 13.8 Å². The first kappa shape index (κ1) is 15.4. The molecular weight excluding hydrogens is 253 g/mol. The van der Waals surface area contributed by atoms with Gasteiger partial charge in [0, 0.05) is 18.2 Å². The number of rotatable bonds is 8. The topological polar surface area (TPSA) is 21.3 Å². The lowest BCUT2D eigenvalue weighted by Crippen LogP contribution is -2.15. The van der Waals surface area contributed by atoms with Gasteiger partial charge >= 0.3 is 0 Å². The molecule has 0 radical (unpaired) electrons. The van der Waals surface area contributed by atoms with Gasteiger partial charge in [-0.15, -0.1) is 0 Å². The second-order valence-corrected chi connectivity index (χ2v) is 5.02. The molecule has 0 saturated heterocycles. The molecule has 0 aromatic heterocycles. The summed E-state index contributed by atoms with van der Waals surface area (Å²) >= 11 is 5.78. The highest BCUT2D eigenvalue weighted by Gasteiger charge is 1.99. The van der Waals surface area contributed by atoms with Crippen molar-refractivity contribution in [1.82, 2.24) is 5.32 Å². The van der Waals surface area contributed by atoms with Crippen LogP contribution in [0.25, 0.3) is 0 Å². The average molecular weight is 274 g/mol. The van der Waals surface area contributed by atoms with Crippen LogP contribution >= 0.6 is 11.6 Å². The Bertz CT molecular complexity index is 337. The van der Waals surface area contributed by atoms with Crippen LogP contribution in [-0.2, 0) is 11.3 Å². The summed E-state index contributed by atoms with van der Waals surface area (Å²) in [6.45, 7) is 6.40. The second kappa shape index (κ2) is 8.46. The molecule has 18 heavy (non-hydrogen) atoms. The fourth-order valence-electron chi connectivity index (χ4n) is 1.62. The van der Waals surface area contributed by atoms with Crippen LogP contribution in [0.3, 0.4) is 0 Å². The Kier molecular flexibility index (Phi) is 7.25. The first-order valence-corrected chi connectivity index (χ1v) is 6.73. The van der Waals surface area contributed by atoms with Crippen LogP contribution in [0.15, 0.2) is 18.2 Å². The number of nitrogens with one attached hydrogen (secondary N) is 1. The quantitative estimate of drug-likeness (QED) is 0.728. The first-order chi connectivity index (χ1) is 8.58. The molecule has 1 N–H and O–H groups in total. The molecule has 0 unspecified atom stereocenters. The summed E-state index contributed by atoms with van der Waals surface area (Å²) in [7, 11) is 0. The van der Waals surface area contributed by atoms with E-state index in [-0.39, 0.29) is 5.82 Å². The number of halogens is 2. The van der Waals surface area contributed by atoms with E-state index in [9.17, 15) is 4.39 Å². The summed E-state index contributed by atoms with van der Waals surface area (Å²) in [5.74, 6) is -0.287. The van der Waals surface area contributed by atoms with Crippen LogP contribution < -0.4 is 5.32 Å². The zero-order valence-electron chi connectivity index (χ0n) is 11.0. The molecule has 0 spiro atoms. The van der Waals surface area contributed by atoms with E-state index in [0.717, 1.165) is 31.6 Å². The average Bonchev–Trinajstić information content (AvgIpc) is 2.26. The van der Waals surface area contributed by atoms with Gasteiger partial charge < -0.3 is 10.1 Å². The lowest BCUT2D eigenvalue weighted by Gasteiger charge is -2.08. The number of ether oxygens (including phenoxy) is 1. The van der Waals surface area contributed by atoms with Crippen LogP contribution in [0.5, 0.6) is 0 Å². The van der Waals surface area contributed by atoms with Gasteiger partial charge in [0.2, 0.25) is 0 Å². The van der Waals surface area contributed by atoms with Gasteiger partial charge in [-0.2, -0.15) is 0 Å². The minimum absolute atomic E-state index is 0.287. The maximum absolute atomic E-state index is 13.1. The van der Waals surface area contributed by atoms with Crippen molar-refractivity contribution in [2.45, 2.75) is 39.3 Å². The minimum Gasteiger partial charge on any atom is -0.379 e. The maximum Gasteiger partial charge on any atom is 0.125 e. The SMILES string of the molecule is CC(C)OCCCCNCc1cc(F)cc(Cl)c1. The van der Waals surface area contributed by atoms with Crippen molar-refractivity contribution in [3.8, 4) is 0 Å². The van der Waals surface area contributed by atoms with E-state index in [0.29, 0.717) is 17.7 Å². The molecule has 0 saturated carbocycles. The monoisotopic (exact) mass is 273 g/mol. The van der Waals surface area contributed by atoms with Crippen LogP contribution in [0.4, 0.5) is 4.39 Å². The van der Waals surface area contributed by atoms with Gasteiger partial charge in [0.05, 0.1) is 6.10 Å². The van der Waals surface area contributed by atoms with E-state index >= 15 is 0 Å². The number of benzene rings is 1. The molecule has 0 heterocycles. The normalized spacial score (nSPS) is 11.2. The van der Waals surface area contributed by atoms with Gasteiger partial charge in [0.15, 0.2) is 0 Å². The Morgan fingerprint density at radius 2 is 2.06 bits per heavy atom. The van der Waals surface area contributed by atoms with Crippen molar-refractivity contribution in [3.63, 3.8) is 0 Å². The molecule has 102 valence electrons. The second-order valence-electron chi connectivity index (χ2n) is 4.58. The summed E-state index contributed by atoms with van der Waals surface area (Å²) in [6, 6.07) is 4.59. The van der Waals surface area contributed by atoms with Crippen molar-refractivity contribution < 1.29 is 9.13 Å². The number of unbranched alkanes of at least 4 members (excludes halogenated alkanes) is 1. The zero-order chi connectivity index (χ0) is 13.4. The summed E-state index contributed by atoms with van der Waals surface area (Å²) in [5.41, 5.74) is 0.874. The van der Waals surface area contributed by atoms with Crippen molar-refractivity contribution in [1.29, 1.82) is 0 Å². The largest absolute Gasteiger partial charge is 0.379 e. The molecule has 0 bridgehead atoms. The zero-order valence-corrected chi connectivity index (χ0v) is 11.8. The summed E-state index contributed by atoms with van der Waals surface area (Å²) < 4.78 is 18.5. The Morgan fingerprint density at radius 1 is 1.28 bits per heavy atom. The molecule has 0 aliphatic rings. The Labute approximate surface area is 113 Å². The van der Waals surface area contributed by atoms with Gasteiger partial charge in [0.1, 0.15) is 5.82 Å². The van der Waals surface area contributed by atoms with E-state index in [2.05, 4.69) is 5.32 Å². The molecule has 0 aliphatic heterocycles. The summed E-state index contributed by atoms with van der Waals surface area (Å²) in [6.07, 6.45) is 2.39. The van der Waals surface area contributed by atoms with Gasteiger partial charge in [-0.1, -0.05) is 11.6 Å². The van der Waals surface area contributed by atoms with Gasteiger partial charge in [-0.3, -0.25) is 0 Å². The Balaban J connectivity index is 2.10. The van der Waals surface area contributed by atoms with Crippen LogP contribution in [0, 0.1) is 5.82 Å². The van der Waals surface area contributed by atoms with Crippen molar-refractivity contribution >= 4 is 11.6 Å². The third-order valence-electron chi connectivity index (χ3n) is 2.45. The number of hydrogen-bond acceptors (Lipinski definition) is 2. The van der Waals surface area contributed by atoms with E-state index in [1.54, 1.807) is 6.07 Å². The molecular formula is C14H21ClFNO. The lowest BCUT2D eigenvalue weighted by atomic mass is 10.2. The number of hydrogen-bond donors (Lipinski definition) is 1. The minimum atomic E-state index is -0.287. The molecule has 0 fully saturated rings. The van der Waals surface area contributed by atoms with E-state index in [4.69, 9.17) is 16.3 Å². The maximum atomic E-state index is 13.1. The molecule has 4 heteroatoms. The highest BCUT2D eigenvalue weighted by atomic mass is 35.5. The standard InChI is InChI=1S/C14H21ClFNO/c1-11(2)18-6-4-3-5-17-10-12-7-13(15)9-14(16)8-12/h7-9,11,17H,3-6,10H2,1-2H3. The van der Waals surface area contributed by atoms with Gasteiger partial charge in [0.25, 0.3) is 0 Å². The molecule has 0 aliphatic carbocycles. The lowest BCUT2D eigenvalue weighted by molar-refractivity contribution is 0.0760. The Morgan fingerprint density at radius 3 is 2.72 bits per heavy atom. The predicted molar refractivity (Wildman–Crippen MR) is 73.4 cm³/mol. The van der Waals surface area contributed by atoms with Gasteiger partial charge in [-0.25, -0.2) is 4.39 Å².